The number of allylic oxidation sites excluding steroid dienone is 1. The van der Waals surface area contributed by atoms with Gasteiger partial charge in [-0.3, -0.25) is 0 Å². The van der Waals surface area contributed by atoms with E-state index in [2.05, 4.69) is 81.1 Å². The van der Waals surface area contributed by atoms with Crippen LogP contribution in [0.2, 0.25) is 0 Å². The van der Waals surface area contributed by atoms with Crippen molar-refractivity contribution in [1.29, 1.82) is 0 Å². The number of hydrogen-bond donors (Lipinski definition) is 0. The molecule has 0 nitrogen and oxygen atoms in total. The van der Waals surface area contributed by atoms with E-state index in [1.807, 2.05) is 0 Å². The normalized spacial score (nSPS) is 15.4. The predicted octanol–water partition coefficient (Wildman–Crippen LogP) is 4.81. The third-order valence-corrected chi connectivity index (χ3v) is 3.80. The second-order valence-corrected chi connectivity index (χ2v) is 4.98. The Kier molecular flexibility index (Phi) is 5.68. The summed E-state index contributed by atoms with van der Waals surface area (Å²) in [6.07, 6.45) is 4.53. The third-order valence-electron chi connectivity index (χ3n) is 3.02. The Morgan fingerprint density at radius 2 is 1.56 bits per heavy atom. The predicted molar refractivity (Wildman–Crippen MR) is 78.1 cm³/mol. The summed E-state index contributed by atoms with van der Waals surface area (Å²) in [5.41, 5.74) is 5.49. The molecule has 0 bridgehead atoms. The van der Waals surface area contributed by atoms with Gasteiger partial charge >= 0.3 is 108 Å². The van der Waals surface area contributed by atoms with E-state index in [1.165, 1.54) is 22.3 Å². The SMILES string of the molecule is Cl.Cl.[Ti][C@H]1C=Cc2c(-c3ccccc3)cccc21. The molecule has 0 unspecified atom stereocenters. The molecular formula is C15H13Cl2Ti. The monoisotopic (exact) mass is 311 g/mol. The molecule has 0 amide bonds. The maximum atomic E-state index is 2.27. The van der Waals surface area contributed by atoms with Crippen LogP contribution in [-0.2, 0) is 20.4 Å². The van der Waals surface area contributed by atoms with Crippen LogP contribution in [-0.4, -0.2) is 0 Å². The van der Waals surface area contributed by atoms with Crippen LogP contribution in [0.4, 0.5) is 0 Å². The molecule has 0 N–H and O–H groups in total. The molecule has 0 saturated carbocycles. The van der Waals surface area contributed by atoms with E-state index in [9.17, 15) is 0 Å². The average Bonchev–Trinajstić information content (AvgIpc) is 2.73. The molecule has 0 fully saturated rings. The van der Waals surface area contributed by atoms with Gasteiger partial charge in [-0.15, -0.1) is 24.8 Å². The van der Waals surface area contributed by atoms with Crippen molar-refractivity contribution < 1.29 is 20.4 Å². The van der Waals surface area contributed by atoms with Crippen molar-refractivity contribution in [1.82, 2.24) is 0 Å². The van der Waals surface area contributed by atoms with Crippen molar-refractivity contribution in [2.24, 2.45) is 0 Å². The molecule has 18 heavy (non-hydrogen) atoms. The standard InChI is InChI=1S/C15H11.2ClH.Ti/c1-2-6-12(7-3-1)14-10-4-8-13-9-5-11-15(13)14;;;/h1-11H;2*1H;. The molecule has 1 atom stereocenters. The fourth-order valence-corrected chi connectivity index (χ4v) is 2.75. The molecule has 0 heterocycles. The van der Waals surface area contributed by atoms with Gasteiger partial charge in [-0.05, 0) is 0 Å². The summed E-state index contributed by atoms with van der Waals surface area (Å²) in [6.45, 7) is 0. The van der Waals surface area contributed by atoms with Crippen molar-refractivity contribution >= 4 is 30.9 Å². The molecular weight excluding hydrogens is 299 g/mol. The van der Waals surface area contributed by atoms with Crippen molar-refractivity contribution in [3.8, 4) is 11.1 Å². The zero-order valence-corrected chi connectivity index (χ0v) is 12.9. The summed E-state index contributed by atoms with van der Waals surface area (Å²) < 4.78 is 0.554. The first-order valence-corrected chi connectivity index (χ1v) is 6.34. The van der Waals surface area contributed by atoms with Crippen molar-refractivity contribution in [3.05, 3.63) is 65.7 Å². The molecule has 3 rings (SSSR count). The van der Waals surface area contributed by atoms with Gasteiger partial charge in [-0.2, -0.15) is 0 Å². The van der Waals surface area contributed by atoms with Crippen LogP contribution in [0.3, 0.4) is 0 Å². The number of fused-ring (bicyclic) bond motifs is 1. The number of halogens is 2. The van der Waals surface area contributed by atoms with Crippen molar-refractivity contribution in [2.75, 3.05) is 0 Å². The van der Waals surface area contributed by atoms with Gasteiger partial charge in [0, 0.05) is 0 Å². The topological polar surface area (TPSA) is 0 Å². The van der Waals surface area contributed by atoms with E-state index < -0.39 is 0 Å². The summed E-state index contributed by atoms with van der Waals surface area (Å²) in [5.74, 6) is 0. The minimum absolute atomic E-state index is 0. The Labute approximate surface area is 132 Å². The van der Waals surface area contributed by atoms with E-state index in [4.69, 9.17) is 0 Å². The summed E-state index contributed by atoms with van der Waals surface area (Å²) in [6, 6.07) is 17.2. The van der Waals surface area contributed by atoms with Crippen LogP contribution in [0.5, 0.6) is 0 Å². The van der Waals surface area contributed by atoms with E-state index in [-0.39, 0.29) is 24.8 Å². The first-order valence-electron chi connectivity index (χ1n) is 5.44. The van der Waals surface area contributed by atoms with Gasteiger partial charge in [0.1, 0.15) is 0 Å². The number of rotatable bonds is 1. The van der Waals surface area contributed by atoms with Crippen LogP contribution < -0.4 is 0 Å². The van der Waals surface area contributed by atoms with Gasteiger partial charge in [0.05, 0.1) is 0 Å². The van der Waals surface area contributed by atoms with Crippen LogP contribution >= 0.6 is 24.8 Å². The van der Waals surface area contributed by atoms with Gasteiger partial charge in [0.15, 0.2) is 0 Å². The fourth-order valence-electron chi connectivity index (χ4n) is 2.21. The Balaban J connectivity index is 0.000000810. The molecule has 0 saturated heterocycles. The number of hydrogen-bond acceptors (Lipinski definition) is 0. The molecule has 3 heteroatoms. The summed E-state index contributed by atoms with van der Waals surface area (Å²) in [7, 11) is 0. The first kappa shape index (κ1) is 15.5. The third kappa shape index (κ3) is 2.73. The molecule has 91 valence electrons. The van der Waals surface area contributed by atoms with E-state index in [0.717, 1.165) is 0 Å². The Morgan fingerprint density at radius 1 is 0.833 bits per heavy atom. The van der Waals surface area contributed by atoms with Gasteiger partial charge in [0.25, 0.3) is 0 Å². The number of benzene rings is 2. The van der Waals surface area contributed by atoms with Crippen molar-refractivity contribution in [2.45, 2.75) is 4.22 Å². The second-order valence-electron chi connectivity index (χ2n) is 4.01. The van der Waals surface area contributed by atoms with Crippen molar-refractivity contribution in [3.63, 3.8) is 0 Å². The zero-order valence-electron chi connectivity index (χ0n) is 9.67. The first-order chi connectivity index (χ1) is 7.86. The molecule has 0 aliphatic heterocycles. The quantitative estimate of drug-likeness (QED) is 0.663. The van der Waals surface area contributed by atoms with Crippen LogP contribution in [0.1, 0.15) is 15.3 Å². The minimum atomic E-state index is 0. The Morgan fingerprint density at radius 3 is 2.28 bits per heavy atom. The van der Waals surface area contributed by atoms with E-state index in [1.54, 1.807) is 0 Å². The summed E-state index contributed by atoms with van der Waals surface area (Å²) in [5, 5.41) is 0. The van der Waals surface area contributed by atoms with E-state index in [0.29, 0.717) is 4.22 Å². The summed E-state index contributed by atoms with van der Waals surface area (Å²) >= 11 is 2.25. The molecule has 0 aromatic heterocycles. The second kappa shape index (κ2) is 6.59. The Bertz CT molecular complexity index is 550. The Hall–Kier alpha value is -0.526. The van der Waals surface area contributed by atoms with Crippen LogP contribution in [0.25, 0.3) is 17.2 Å². The zero-order chi connectivity index (χ0) is 11.0. The molecule has 0 radical (unpaired) electrons. The average molecular weight is 312 g/mol. The molecule has 0 spiro atoms. The molecule has 1 aliphatic rings. The van der Waals surface area contributed by atoms with Crippen LogP contribution in [0.15, 0.2) is 54.6 Å². The van der Waals surface area contributed by atoms with Gasteiger partial charge in [-0.25, -0.2) is 0 Å². The maximum absolute atomic E-state index is 2.27. The molecule has 2 aromatic rings. The van der Waals surface area contributed by atoms with Crippen LogP contribution in [0, 0.1) is 0 Å². The summed E-state index contributed by atoms with van der Waals surface area (Å²) in [4.78, 5) is 0. The van der Waals surface area contributed by atoms with E-state index >= 15 is 0 Å². The molecule has 2 aromatic carbocycles. The fraction of sp³-hybridized carbons (Fsp3) is 0.0667. The van der Waals surface area contributed by atoms with Gasteiger partial charge in [0.2, 0.25) is 0 Å². The van der Waals surface area contributed by atoms with Gasteiger partial charge in [-0.1, -0.05) is 0 Å². The molecule has 1 aliphatic carbocycles. The van der Waals surface area contributed by atoms with Gasteiger partial charge < -0.3 is 0 Å².